The van der Waals surface area contributed by atoms with E-state index in [1.165, 1.54) is 5.56 Å². The smallest absolute Gasteiger partial charge is 0.193 e. The lowest BCUT2D eigenvalue weighted by Crippen LogP contribution is -2.22. The molecule has 0 aliphatic heterocycles. The average Bonchev–Trinajstić information content (AvgIpc) is 2.54. The standard InChI is InChI=1S/C17H20BrN3O.HI/c1-3-12-4-7-15(8-5-12)21-17(19)20-11-13-10-14(18)6-9-16(13)22-2;/h4-10H,3,11H2,1-2H3,(H3,19,20,21);1H. The van der Waals surface area contributed by atoms with E-state index in [1.807, 2.05) is 30.3 Å². The molecule has 2 rings (SSSR count). The normalized spacial score (nSPS) is 10.8. The molecule has 0 heterocycles. The van der Waals surface area contributed by atoms with Gasteiger partial charge in [0.25, 0.3) is 0 Å². The van der Waals surface area contributed by atoms with Crippen molar-refractivity contribution in [3.05, 3.63) is 58.1 Å². The molecule has 2 aromatic rings. The highest BCUT2D eigenvalue weighted by Crippen LogP contribution is 2.23. The second-order valence-electron chi connectivity index (χ2n) is 4.83. The number of methoxy groups -OCH3 is 1. The van der Waals surface area contributed by atoms with E-state index in [1.54, 1.807) is 7.11 Å². The van der Waals surface area contributed by atoms with Crippen molar-refractivity contribution < 1.29 is 4.74 Å². The van der Waals surface area contributed by atoms with Crippen LogP contribution in [0, 0.1) is 0 Å². The maximum Gasteiger partial charge on any atom is 0.193 e. The number of guanidine groups is 1. The highest BCUT2D eigenvalue weighted by molar-refractivity contribution is 14.0. The average molecular weight is 490 g/mol. The van der Waals surface area contributed by atoms with Crippen LogP contribution in [0.25, 0.3) is 0 Å². The summed E-state index contributed by atoms with van der Waals surface area (Å²) in [6.45, 7) is 2.58. The minimum absolute atomic E-state index is 0. The predicted octanol–water partition coefficient (Wildman–Crippen LogP) is 4.56. The number of anilines is 1. The van der Waals surface area contributed by atoms with Crippen LogP contribution < -0.4 is 15.8 Å². The SMILES string of the molecule is CCc1ccc(NC(N)=NCc2cc(Br)ccc2OC)cc1.I. The molecule has 0 aliphatic carbocycles. The molecule has 0 bridgehead atoms. The third-order valence-corrected chi connectivity index (χ3v) is 3.79. The number of nitrogens with two attached hydrogens (primary N) is 1. The molecule has 0 aromatic heterocycles. The van der Waals surface area contributed by atoms with Crippen LogP contribution in [0.5, 0.6) is 5.75 Å². The van der Waals surface area contributed by atoms with Crippen LogP contribution in [-0.2, 0) is 13.0 Å². The van der Waals surface area contributed by atoms with Crippen LogP contribution in [0.1, 0.15) is 18.1 Å². The molecule has 2 aromatic carbocycles. The monoisotopic (exact) mass is 489 g/mol. The molecule has 0 spiro atoms. The quantitative estimate of drug-likeness (QED) is 0.367. The highest BCUT2D eigenvalue weighted by atomic mass is 127. The van der Waals surface area contributed by atoms with Gasteiger partial charge >= 0.3 is 0 Å². The number of halogens is 2. The van der Waals surface area contributed by atoms with Gasteiger partial charge in [0.05, 0.1) is 13.7 Å². The number of hydrogen-bond donors (Lipinski definition) is 2. The fourth-order valence-electron chi connectivity index (χ4n) is 2.05. The van der Waals surface area contributed by atoms with E-state index in [2.05, 4.69) is 45.3 Å². The second-order valence-corrected chi connectivity index (χ2v) is 5.75. The Bertz CT molecular complexity index is 659. The van der Waals surface area contributed by atoms with E-state index in [0.29, 0.717) is 12.5 Å². The molecular formula is C17H21BrIN3O. The molecular weight excluding hydrogens is 469 g/mol. The Kier molecular flexibility index (Phi) is 8.40. The molecule has 3 N–H and O–H groups in total. The van der Waals surface area contributed by atoms with Crippen LogP contribution in [0.2, 0.25) is 0 Å². The summed E-state index contributed by atoms with van der Waals surface area (Å²) in [5.41, 5.74) is 9.14. The fraction of sp³-hybridized carbons (Fsp3) is 0.235. The molecule has 23 heavy (non-hydrogen) atoms. The first-order valence-corrected chi connectivity index (χ1v) is 7.90. The molecule has 4 nitrogen and oxygen atoms in total. The molecule has 0 radical (unpaired) electrons. The summed E-state index contributed by atoms with van der Waals surface area (Å²) in [7, 11) is 1.65. The van der Waals surface area contributed by atoms with Gasteiger partial charge in [-0.15, -0.1) is 24.0 Å². The van der Waals surface area contributed by atoms with Crippen LogP contribution >= 0.6 is 39.9 Å². The Morgan fingerprint density at radius 1 is 1.22 bits per heavy atom. The van der Waals surface area contributed by atoms with Crippen molar-refractivity contribution in [2.45, 2.75) is 19.9 Å². The van der Waals surface area contributed by atoms with Gasteiger partial charge in [-0.1, -0.05) is 35.0 Å². The maximum atomic E-state index is 5.94. The van der Waals surface area contributed by atoms with Crippen LogP contribution in [0.3, 0.4) is 0 Å². The molecule has 0 unspecified atom stereocenters. The number of benzene rings is 2. The van der Waals surface area contributed by atoms with E-state index in [9.17, 15) is 0 Å². The van der Waals surface area contributed by atoms with Gasteiger partial charge in [0.15, 0.2) is 5.96 Å². The van der Waals surface area contributed by atoms with E-state index in [4.69, 9.17) is 10.5 Å². The van der Waals surface area contributed by atoms with Crippen LogP contribution in [0.15, 0.2) is 51.9 Å². The van der Waals surface area contributed by atoms with Gasteiger partial charge in [0, 0.05) is 15.7 Å². The lowest BCUT2D eigenvalue weighted by atomic mass is 10.1. The first-order valence-electron chi connectivity index (χ1n) is 7.10. The van der Waals surface area contributed by atoms with Crippen LogP contribution in [0.4, 0.5) is 5.69 Å². The lowest BCUT2D eigenvalue weighted by Gasteiger charge is -2.09. The summed E-state index contributed by atoms with van der Waals surface area (Å²) in [4.78, 5) is 4.36. The fourth-order valence-corrected chi connectivity index (χ4v) is 2.46. The molecule has 0 atom stereocenters. The number of rotatable bonds is 5. The molecule has 6 heteroatoms. The Morgan fingerprint density at radius 3 is 2.52 bits per heavy atom. The van der Waals surface area contributed by atoms with Gasteiger partial charge < -0.3 is 15.8 Å². The molecule has 0 fully saturated rings. The first kappa shape index (κ1) is 19.8. The Hall–Kier alpha value is -1.28. The third-order valence-electron chi connectivity index (χ3n) is 3.30. The number of ether oxygens (including phenoxy) is 1. The van der Waals surface area contributed by atoms with Gasteiger partial charge in [0.2, 0.25) is 0 Å². The molecule has 124 valence electrons. The van der Waals surface area contributed by atoms with Crippen molar-refractivity contribution in [1.29, 1.82) is 0 Å². The maximum absolute atomic E-state index is 5.94. The zero-order valence-corrected chi connectivity index (χ0v) is 17.1. The van der Waals surface area contributed by atoms with Crippen molar-refractivity contribution in [1.82, 2.24) is 0 Å². The van der Waals surface area contributed by atoms with Gasteiger partial charge in [-0.05, 0) is 42.3 Å². The highest BCUT2D eigenvalue weighted by Gasteiger charge is 2.03. The minimum Gasteiger partial charge on any atom is -0.496 e. The Labute approximate surface area is 162 Å². The van der Waals surface area contributed by atoms with Crippen molar-refractivity contribution >= 4 is 51.6 Å². The van der Waals surface area contributed by atoms with Crippen molar-refractivity contribution in [2.24, 2.45) is 10.7 Å². The lowest BCUT2D eigenvalue weighted by molar-refractivity contribution is 0.410. The van der Waals surface area contributed by atoms with Crippen LogP contribution in [-0.4, -0.2) is 13.1 Å². The van der Waals surface area contributed by atoms with E-state index in [0.717, 1.165) is 27.9 Å². The van der Waals surface area contributed by atoms with Gasteiger partial charge in [-0.25, -0.2) is 4.99 Å². The first-order chi connectivity index (χ1) is 10.6. The van der Waals surface area contributed by atoms with Gasteiger partial charge in [-0.3, -0.25) is 0 Å². The summed E-state index contributed by atoms with van der Waals surface area (Å²) in [6.07, 6.45) is 1.02. The number of hydrogen-bond acceptors (Lipinski definition) is 2. The Morgan fingerprint density at radius 2 is 1.91 bits per heavy atom. The van der Waals surface area contributed by atoms with Gasteiger partial charge in [0.1, 0.15) is 5.75 Å². The van der Waals surface area contributed by atoms with E-state index < -0.39 is 0 Å². The predicted molar refractivity (Wildman–Crippen MR) is 111 cm³/mol. The molecule has 0 saturated heterocycles. The summed E-state index contributed by atoms with van der Waals surface area (Å²) < 4.78 is 6.31. The Balaban J connectivity index is 0.00000264. The minimum atomic E-state index is 0. The topological polar surface area (TPSA) is 59.6 Å². The largest absolute Gasteiger partial charge is 0.496 e. The second kappa shape index (κ2) is 9.77. The third kappa shape index (κ3) is 6.02. The number of nitrogens with one attached hydrogen (secondary N) is 1. The van der Waals surface area contributed by atoms with Gasteiger partial charge in [-0.2, -0.15) is 0 Å². The number of nitrogens with zero attached hydrogens (tertiary/aromatic N) is 1. The molecule has 0 saturated carbocycles. The summed E-state index contributed by atoms with van der Waals surface area (Å²) in [5, 5.41) is 3.09. The van der Waals surface area contributed by atoms with Crippen molar-refractivity contribution in [3.8, 4) is 5.75 Å². The number of aliphatic imine (C=N–C) groups is 1. The summed E-state index contributed by atoms with van der Waals surface area (Å²) in [6, 6.07) is 14.0. The van der Waals surface area contributed by atoms with Crippen molar-refractivity contribution in [3.63, 3.8) is 0 Å². The zero-order chi connectivity index (χ0) is 15.9. The number of aryl methyl sites for hydroxylation is 1. The van der Waals surface area contributed by atoms with E-state index in [-0.39, 0.29) is 24.0 Å². The molecule has 0 aliphatic rings. The summed E-state index contributed by atoms with van der Waals surface area (Å²) >= 11 is 3.45. The zero-order valence-electron chi connectivity index (χ0n) is 13.2. The molecule has 0 amide bonds. The van der Waals surface area contributed by atoms with E-state index >= 15 is 0 Å². The summed E-state index contributed by atoms with van der Waals surface area (Å²) in [5.74, 6) is 1.18. The van der Waals surface area contributed by atoms with Crippen molar-refractivity contribution in [2.75, 3.05) is 12.4 Å².